The molecule has 0 aliphatic rings. The molecule has 0 aliphatic heterocycles. The average molecular weight is 555 g/mol. The summed E-state index contributed by atoms with van der Waals surface area (Å²) in [5.74, 6) is -6.81. The second kappa shape index (κ2) is 7.50. The predicted octanol–water partition coefficient (Wildman–Crippen LogP) is 7.67. The van der Waals surface area contributed by atoms with Crippen LogP contribution in [0.3, 0.4) is 0 Å². The van der Waals surface area contributed by atoms with Gasteiger partial charge in [0.15, 0.2) is 0 Å². The smallest absolute Gasteiger partial charge is 0.221 e. The first-order valence-corrected chi connectivity index (χ1v) is 8.86. The third-order valence-corrected chi connectivity index (χ3v) is 4.99. The van der Waals surface area contributed by atoms with Gasteiger partial charge in [-0.3, -0.25) is 0 Å². The summed E-state index contributed by atoms with van der Waals surface area (Å²) in [6.07, 6.45) is -13.5. The average Bonchev–Trinajstić information content (AvgIpc) is 2.58. The molecule has 0 aliphatic carbocycles. The SMILES string of the molecule is N#Cc1ccc(-c2c(Br)cc(Br)cc2C(F)(C(F)(F)F)C(F)(F)C(F)(F)F)cc1. The van der Waals surface area contributed by atoms with Crippen molar-refractivity contribution < 1.29 is 39.5 Å². The molecule has 29 heavy (non-hydrogen) atoms. The molecule has 0 heterocycles. The monoisotopic (exact) mass is 553 g/mol. The maximum Gasteiger partial charge on any atom is 0.457 e. The van der Waals surface area contributed by atoms with Crippen LogP contribution >= 0.6 is 31.9 Å². The molecule has 0 radical (unpaired) electrons. The van der Waals surface area contributed by atoms with E-state index in [9.17, 15) is 35.1 Å². The van der Waals surface area contributed by atoms with Crippen molar-refractivity contribution in [3.05, 3.63) is 56.5 Å². The Kier molecular flexibility index (Phi) is 6.09. The second-order valence-corrected chi connectivity index (χ2v) is 7.50. The van der Waals surface area contributed by atoms with Crippen molar-refractivity contribution in [2.24, 2.45) is 0 Å². The van der Waals surface area contributed by atoms with E-state index in [0.717, 1.165) is 30.3 Å². The number of benzene rings is 2. The highest BCUT2D eigenvalue weighted by Crippen LogP contribution is 2.60. The van der Waals surface area contributed by atoms with Crippen LogP contribution in [0.1, 0.15) is 11.1 Å². The molecule has 2 rings (SSSR count). The molecular weight excluding hydrogens is 549 g/mol. The fourth-order valence-electron chi connectivity index (χ4n) is 2.55. The zero-order valence-electron chi connectivity index (χ0n) is 13.6. The van der Waals surface area contributed by atoms with Crippen molar-refractivity contribution in [2.75, 3.05) is 0 Å². The van der Waals surface area contributed by atoms with E-state index < -0.39 is 35.1 Å². The molecule has 0 saturated heterocycles. The largest absolute Gasteiger partial charge is 0.457 e. The zero-order valence-corrected chi connectivity index (χ0v) is 16.7. The summed E-state index contributed by atoms with van der Waals surface area (Å²) < 4.78 is 121. The Bertz CT molecular complexity index is 959. The first kappa shape index (κ1) is 23.5. The van der Waals surface area contributed by atoms with Gasteiger partial charge >= 0.3 is 23.9 Å². The minimum atomic E-state index is -6.84. The van der Waals surface area contributed by atoms with Crippen molar-refractivity contribution in [2.45, 2.75) is 23.9 Å². The third-order valence-electron chi connectivity index (χ3n) is 3.91. The Labute approximate surface area is 174 Å². The Morgan fingerprint density at radius 2 is 1.28 bits per heavy atom. The molecule has 0 N–H and O–H groups in total. The minimum absolute atomic E-state index is 0.0338. The Morgan fingerprint density at radius 1 is 0.759 bits per heavy atom. The predicted molar refractivity (Wildman–Crippen MR) is 91.8 cm³/mol. The lowest BCUT2D eigenvalue weighted by molar-refractivity contribution is -0.389. The van der Waals surface area contributed by atoms with Crippen LogP contribution in [0.2, 0.25) is 0 Å². The summed E-state index contributed by atoms with van der Waals surface area (Å²) in [7, 11) is 0. The van der Waals surface area contributed by atoms with E-state index in [1.165, 1.54) is 0 Å². The van der Waals surface area contributed by atoms with Crippen molar-refractivity contribution in [1.82, 2.24) is 0 Å². The molecule has 156 valence electrons. The normalized spacial score (nSPS) is 15.0. The molecule has 1 atom stereocenters. The van der Waals surface area contributed by atoms with Crippen molar-refractivity contribution in [3.63, 3.8) is 0 Å². The molecule has 1 nitrogen and oxygen atoms in total. The number of nitrogens with zero attached hydrogens (tertiary/aromatic N) is 1. The van der Waals surface area contributed by atoms with E-state index in [1.54, 1.807) is 6.07 Å². The van der Waals surface area contributed by atoms with Gasteiger partial charge in [-0.05, 0) is 29.8 Å². The number of nitriles is 1. The molecule has 2 aromatic rings. The lowest BCUT2D eigenvalue weighted by Gasteiger charge is -2.37. The lowest BCUT2D eigenvalue weighted by atomic mass is 9.82. The van der Waals surface area contributed by atoms with Crippen LogP contribution in [-0.2, 0) is 5.67 Å². The van der Waals surface area contributed by atoms with Gasteiger partial charge < -0.3 is 0 Å². The molecule has 0 aromatic heterocycles. The lowest BCUT2D eigenvalue weighted by Crippen LogP contribution is -2.60. The zero-order chi connectivity index (χ0) is 22.4. The standard InChI is InChI=1S/C17H6Br2F9N/c18-10-5-11(14(20,16(23,24)25)15(21,22)17(26,27)28)13(12(19)6-10)9-3-1-8(7-29)2-4-9/h1-6H. The molecule has 2 aromatic carbocycles. The maximum atomic E-state index is 15.1. The fraction of sp³-hybridized carbons (Fsp3) is 0.235. The van der Waals surface area contributed by atoms with Crippen LogP contribution < -0.4 is 0 Å². The Balaban J connectivity index is 2.98. The Hall–Kier alpha value is -1.74. The molecule has 0 amide bonds. The van der Waals surface area contributed by atoms with Crippen molar-refractivity contribution >= 4 is 31.9 Å². The maximum absolute atomic E-state index is 15.1. The topological polar surface area (TPSA) is 23.8 Å². The van der Waals surface area contributed by atoms with Crippen molar-refractivity contribution in [3.8, 4) is 17.2 Å². The van der Waals surface area contributed by atoms with Gasteiger partial charge in [-0.15, -0.1) is 0 Å². The van der Waals surface area contributed by atoms with Crippen molar-refractivity contribution in [1.29, 1.82) is 5.26 Å². The van der Waals surface area contributed by atoms with Crippen LogP contribution in [0.5, 0.6) is 0 Å². The van der Waals surface area contributed by atoms with E-state index in [4.69, 9.17) is 5.26 Å². The van der Waals surface area contributed by atoms with Gasteiger partial charge in [-0.25, -0.2) is 4.39 Å². The number of hydrogen-bond acceptors (Lipinski definition) is 1. The number of rotatable bonds is 3. The van der Waals surface area contributed by atoms with Crippen LogP contribution in [0.4, 0.5) is 39.5 Å². The summed E-state index contributed by atoms with van der Waals surface area (Å²) in [5.41, 5.74) is -9.21. The highest BCUT2D eigenvalue weighted by molar-refractivity contribution is 9.11. The highest BCUT2D eigenvalue weighted by Gasteiger charge is 2.82. The van der Waals surface area contributed by atoms with Crippen LogP contribution in [0.15, 0.2) is 45.3 Å². The first-order chi connectivity index (χ1) is 13.1. The summed E-state index contributed by atoms with van der Waals surface area (Å²) >= 11 is 5.48. The van der Waals surface area contributed by atoms with Crippen LogP contribution in [0.25, 0.3) is 11.1 Å². The van der Waals surface area contributed by atoms with E-state index in [0.29, 0.717) is 0 Å². The summed E-state index contributed by atoms with van der Waals surface area (Å²) in [4.78, 5) is 0. The number of alkyl halides is 9. The summed E-state index contributed by atoms with van der Waals surface area (Å²) in [5, 5.41) is 8.78. The van der Waals surface area contributed by atoms with Gasteiger partial charge in [0, 0.05) is 20.1 Å². The van der Waals surface area contributed by atoms with Gasteiger partial charge in [0.25, 0.3) is 0 Å². The number of halogens is 11. The highest BCUT2D eigenvalue weighted by atomic mass is 79.9. The molecule has 0 saturated carbocycles. The van der Waals surface area contributed by atoms with Gasteiger partial charge in [-0.1, -0.05) is 44.0 Å². The van der Waals surface area contributed by atoms with Gasteiger partial charge in [0.05, 0.1) is 11.6 Å². The fourth-order valence-corrected chi connectivity index (χ4v) is 4.00. The van der Waals surface area contributed by atoms with Crippen LogP contribution in [-0.4, -0.2) is 18.3 Å². The molecule has 12 heteroatoms. The van der Waals surface area contributed by atoms with Crippen LogP contribution in [0, 0.1) is 11.3 Å². The molecule has 0 spiro atoms. The number of hydrogen-bond donors (Lipinski definition) is 0. The third kappa shape index (κ3) is 3.86. The van der Waals surface area contributed by atoms with Gasteiger partial charge in [-0.2, -0.15) is 40.4 Å². The molecule has 1 unspecified atom stereocenters. The van der Waals surface area contributed by atoms with E-state index >= 15 is 4.39 Å². The van der Waals surface area contributed by atoms with Gasteiger partial charge in [0.1, 0.15) is 0 Å². The summed E-state index contributed by atoms with van der Waals surface area (Å²) in [6.45, 7) is 0. The first-order valence-electron chi connectivity index (χ1n) is 7.28. The van der Waals surface area contributed by atoms with E-state index in [1.807, 2.05) is 0 Å². The molecule has 0 bridgehead atoms. The molecular formula is C17H6Br2F9N. The molecule has 0 fully saturated rings. The quantitative estimate of drug-likeness (QED) is 0.357. The van der Waals surface area contributed by atoms with E-state index in [-0.39, 0.29) is 26.1 Å². The van der Waals surface area contributed by atoms with Gasteiger partial charge in [0.2, 0.25) is 0 Å². The Morgan fingerprint density at radius 3 is 1.69 bits per heavy atom. The second-order valence-electron chi connectivity index (χ2n) is 5.73. The minimum Gasteiger partial charge on any atom is -0.221 e. The summed E-state index contributed by atoms with van der Waals surface area (Å²) in [6, 6.07) is 7.14. The van der Waals surface area contributed by atoms with E-state index in [2.05, 4.69) is 31.9 Å².